The molecule has 0 unspecified atom stereocenters. The monoisotopic (exact) mass is 542 g/mol. The maximum Gasteiger partial charge on any atom is 0.311 e. The van der Waals surface area contributed by atoms with E-state index in [1.165, 1.54) is 0 Å². The highest BCUT2D eigenvalue weighted by Crippen LogP contribution is 2.33. The zero-order chi connectivity index (χ0) is 28.8. The van der Waals surface area contributed by atoms with Gasteiger partial charge in [0.1, 0.15) is 11.5 Å². The number of rotatable bonds is 10. The number of nitrogens with zero attached hydrogens (tertiary/aromatic N) is 1. The molecule has 4 rings (SSSR count). The molecular weight excluding hydrogens is 504 g/mol. The van der Waals surface area contributed by atoms with Crippen LogP contribution >= 0.6 is 0 Å². The summed E-state index contributed by atoms with van der Waals surface area (Å²) in [7, 11) is 0. The molecule has 1 atom stereocenters. The van der Waals surface area contributed by atoms with E-state index in [9.17, 15) is 14.4 Å². The van der Waals surface area contributed by atoms with Crippen molar-refractivity contribution < 1.29 is 23.9 Å². The summed E-state index contributed by atoms with van der Waals surface area (Å²) in [6.45, 7) is 10.1. The number of amides is 2. The van der Waals surface area contributed by atoms with Crippen molar-refractivity contribution in [2.24, 2.45) is 5.92 Å². The van der Waals surface area contributed by atoms with E-state index < -0.39 is 24.4 Å². The number of esters is 1. The van der Waals surface area contributed by atoms with E-state index in [1.54, 1.807) is 4.90 Å². The number of para-hydroxylation sites is 1. The average Bonchev–Trinajstić information content (AvgIpc) is 3.33. The van der Waals surface area contributed by atoms with Crippen molar-refractivity contribution in [2.45, 2.75) is 59.8 Å². The Kier molecular flexibility index (Phi) is 9.25. The van der Waals surface area contributed by atoms with Crippen molar-refractivity contribution >= 4 is 29.2 Å². The van der Waals surface area contributed by atoms with Gasteiger partial charge in [-0.05, 0) is 78.3 Å². The molecule has 3 aromatic rings. The summed E-state index contributed by atoms with van der Waals surface area (Å²) in [6, 6.07) is 19.4. The van der Waals surface area contributed by atoms with Gasteiger partial charge in [-0.3, -0.25) is 14.4 Å². The summed E-state index contributed by atoms with van der Waals surface area (Å²) in [5, 5.41) is 2.90. The molecule has 2 amide bonds. The number of anilines is 2. The van der Waals surface area contributed by atoms with Crippen LogP contribution in [0.5, 0.6) is 11.5 Å². The lowest BCUT2D eigenvalue weighted by Gasteiger charge is -2.18. The highest BCUT2D eigenvalue weighted by Gasteiger charge is 2.36. The SMILES string of the molecule is CCc1cccc(CC)c1NC(=O)COC(=O)[C@@H]1CC(=O)N(c2ccc(Oc3cc(C)ccc3C(C)C)cc2)C1. The summed E-state index contributed by atoms with van der Waals surface area (Å²) in [4.78, 5) is 39.6. The lowest BCUT2D eigenvalue weighted by atomic mass is 10.0. The smallest absolute Gasteiger partial charge is 0.311 e. The van der Waals surface area contributed by atoms with Gasteiger partial charge in [0.2, 0.25) is 5.91 Å². The first-order valence-corrected chi connectivity index (χ1v) is 14.0. The first-order valence-electron chi connectivity index (χ1n) is 14.0. The third-order valence-electron chi connectivity index (χ3n) is 7.23. The molecule has 1 aliphatic rings. The molecule has 0 aromatic heterocycles. The number of carbonyl (C=O) groups excluding carboxylic acids is 3. The van der Waals surface area contributed by atoms with Crippen LogP contribution in [0.25, 0.3) is 0 Å². The molecule has 7 nitrogen and oxygen atoms in total. The van der Waals surface area contributed by atoms with Gasteiger partial charge in [0.15, 0.2) is 6.61 Å². The second kappa shape index (κ2) is 12.8. The minimum Gasteiger partial charge on any atom is -0.457 e. The molecule has 1 N–H and O–H groups in total. The van der Waals surface area contributed by atoms with Gasteiger partial charge in [-0.25, -0.2) is 0 Å². The Morgan fingerprint density at radius 2 is 1.68 bits per heavy atom. The number of hydrogen-bond acceptors (Lipinski definition) is 5. The van der Waals surface area contributed by atoms with E-state index in [0.717, 1.165) is 46.5 Å². The Hall–Kier alpha value is -4.13. The van der Waals surface area contributed by atoms with Crippen molar-refractivity contribution in [1.82, 2.24) is 0 Å². The Bertz CT molecular complexity index is 1360. The molecule has 40 heavy (non-hydrogen) atoms. The van der Waals surface area contributed by atoms with E-state index >= 15 is 0 Å². The largest absolute Gasteiger partial charge is 0.457 e. The number of aryl methyl sites for hydroxylation is 3. The van der Waals surface area contributed by atoms with E-state index in [-0.39, 0.29) is 18.9 Å². The summed E-state index contributed by atoms with van der Waals surface area (Å²) in [6.07, 6.45) is 1.60. The lowest BCUT2D eigenvalue weighted by molar-refractivity contribution is -0.151. The highest BCUT2D eigenvalue weighted by atomic mass is 16.5. The zero-order valence-corrected chi connectivity index (χ0v) is 24.0. The molecule has 1 fully saturated rings. The molecule has 1 saturated heterocycles. The van der Waals surface area contributed by atoms with Crippen LogP contribution in [-0.2, 0) is 32.0 Å². The molecule has 0 bridgehead atoms. The Morgan fingerprint density at radius 1 is 1.00 bits per heavy atom. The summed E-state index contributed by atoms with van der Waals surface area (Å²) in [5.74, 6) is 0.0649. The van der Waals surface area contributed by atoms with Crippen LogP contribution in [0.3, 0.4) is 0 Å². The third kappa shape index (κ3) is 6.71. The molecular formula is C33H38N2O5. The highest BCUT2D eigenvalue weighted by molar-refractivity contribution is 6.00. The van der Waals surface area contributed by atoms with Crippen LogP contribution in [0.4, 0.5) is 11.4 Å². The fourth-order valence-electron chi connectivity index (χ4n) is 4.98. The van der Waals surface area contributed by atoms with Crippen molar-refractivity contribution in [3.63, 3.8) is 0 Å². The quantitative estimate of drug-likeness (QED) is 0.293. The van der Waals surface area contributed by atoms with Gasteiger partial charge in [0.05, 0.1) is 5.92 Å². The molecule has 0 radical (unpaired) electrons. The van der Waals surface area contributed by atoms with Gasteiger partial charge in [-0.15, -0.1) is 0 Å². The first-order chi connectivity index (χ1) is 19.2. The minimum absolute atomic E-state index is 0.0401. The van der Waals surface area contributed by atoms with Gasteiger partial charge >= 0.3 is 5.97 Å². The summed E-state index contributed by atoms with van der Waals surface area (Å²) in [5.41, 5.74) is 5.77. The van der Waals surface area contributed by atoms with Crippen molar-refractivity contribution in [1.29, 1.82) is 0 Å². The van der Waals surface area contributed by atoms with Gasteiger partial charge in [0, 0.05) is 24.3 Å². The normalized spacial score (nSPS) is 14.9. The summed E-state index contributed by atoms with van der Waals surface area (Å²) >= 11 is 0. The van der Waals surface area contributed by atoms with Crippen LogP contribution < -0.4 is 15.0 Å². The van der Waals surface area contributed by atoms with Gasteiger partial charge < -0.3 is 19.7 Å². The van der Waals surface area contributed by atoms with Crippen molar-refractivity contribution in [2.75, 3.05) is 23.4 Å². The maximum absolute atomic E-state index is 12.8. The second-order valence-corrected chi connectivity index (χ2v) is 10.5. The Balaban J connectivity index is 1.34. The number of benzene rings is 3. The first kappa shape index (κ1) is 28.9. The Labute approximate surface area is 236 Å². The predicted molar refractivity (Wildman–Crippen MR) is 157 cm³/mol. The van der Waals surface area contributed by atoms with Crippen LogP contribution in [0, 0.1) is 12.8 Å². The maximum atomic E-state index is 12.8. The Morgan fingerprint density at radius 3 is 2.30 bits per heavy atom. The fraction of sp³-hybridized carbons (Fsp3) is 0.364. The predicted octanol–water partition coefficient (Wildman–Crippen LogP) is 6.57. The van der Waals surface area contributed by atoms with E-state index in [2.05, 4.69) is 31.3 Å². The number of carbonyl (C=O) groups is 3. The average molecular weight is 543 g/mol. The molecule has 0 aliphatic carbocycles. The van der Waals surface area contributed by atoms with E-state index in [0.29, 0.717) is 17.4 Å². The van der Waals surface area contributed by atoms with Crippen molar-refractivity contribution in [3.05, 3.63) is 82.9 Å². The molecule has 1 aliphatic heterocycles. The molecule has 7 heteroatoms. The minimum atomic E-state index is -0.633. The molecule has 3 aromatic carbocycles. The van der Waals surface area contributed by atoms with E-state index in [1.807, 2.05) is 69.3 Å². The third-order valence-corrected chi connectivity index (χ3v) is 7.23. The molecule has 0 spiro atoms. The number of ether oxygens (including phenoxy) is 2. The van der Waals surface area contributed by atoms with Crippen LogP contribution in [0.1, 0.15) is 62.3 Å². The standard InChI is InChI=1S/C33H38N2O5/c1-6-23-9-8-10-24(7-2)32(23)34-30(36)20-39-33(38)25-18-31(37)35(19-25)26-12-14-27(15-13-26)40-29-17-22(5)11-16-28(29)21(3)4/h8-17,21,25H,6-7,18-20H2,1-5H3,(H,34,36)/t25-/m1/s1. The van der Waals surface area contributed by atoms with Gasteiger partial charge in [-0.2, -0.15) is 0 Å². The second-order valence-electron chi connectivity index (χ2n) is 10.5. The zero-order valence-electron chi connectivity index (χ0n) is 24.0. The van der Waals surface area contributed by atoms with E-state index in [4.69, 9.17) is 9.47 Å². The number of hydrogen-bond donors (Lipinski definition) is 1. The number of nitrogens with one attached hydrogen (secondary N) is 1. The fourth-order valence-corrected chi connectivity index (χ4v) is 4.98. The molecule has 0 saturated carbocycles. The summed E-state index contributed by atoms with van der Waals surface area (Å²) < 4.78 is 11.5. The lowest BCUT2D eigenvalue weighted by Crippen LogP contribution is -2.28. The van der Waals surface area contributed by atoms with Gasteiger partial charge in [0.25, 0.3) is 5.91 Å². The molecule has 1 heterocycles. The van der Waals surface area contributed by atoms with Gasteiger partial charge in [-0.1, -0.05) is 58.0 Å². The molecule has 210 valence electrons. The van der Waals surface area contributed by atoms with Crippen LogP contribution in [0.15, 0.2) is 60.7 Å². The van der Waals surface area contributed by atoms with Crippen LogP contribution in [0.2, 0.25) is 0 Å². The van der Waals surface area contributed by atoms with Crippen molar-refractivity contribution in [3.8, 4) is 11.5 Å². The van der Waals surface area contributed by atoms with Crippen LogP contribution in [-0.4, -0.2) is 30.9 Å². The topological polar surface area (TPSA) is 84.9 Å².